The van der Waals surface area contributed by atoms with Crippen LogP contribution in [-0.2, 0) is 9.84 Å². The zero-order valence-corrected chi connectivity index (χ0v) is 11.7. The average Bonchev–Trinajstić information content (AvgIpc) is 2.78. The normalized spacial score (nSPS) is 11.7. The summed E-state index contributed by atoms with van der Waals surface area (Å²) in [5.74, 6) is -0.210. The van der Waals surface area contributed by atoms with Gasteiger partial charge in [-0.25, -0.2) is 8.42 Å². The Hall–Kier alpha value is -1.82. The molecular weight excluding hydrogens is 264 g/mol. The van der Waals surface area contributed by atoms with E-state index in [-0.39, 0.29) is 18.2 Å². The van der Waals surface area contributed by atoms with Crippen molar-refractivity contribution in [2.45, 2.75) is 0 Å². The second-order valence-electron chi connectivity index (χ2n) is 4.60. The number of nitrogens with one attached hydrogen (secondary N) is 1. The van der Waals surface area contributed by atoms with Gasteiger partial charge in [-0.05, 0) is 6.07 Å². The van der Waals surface area contributed by atoms with Gasteiger partial charge in [0.25, 0.3) is 5.91 Å². The molecule has 0 spiro atoms. The summed E-state index contributed by atoms with van der Waals surface area (Å²) in [6.07, 6.45) is 2.82. The molecule has 0 saturated carbocycles. The van der Waals surface area contributed by atoms with Crippen LogP contribution in [0.1, 0.15) is 10.4 Å². The summed E-state index contributed by atoms with van der Waals surface area (Å²) in [5.41, 5.74) is 1.45. The topological polar surface area (TPSA) is 70.2 Å². The molecule has 102 valence electrons. The molecular formula is C13H16N2O3S. The molecule has 0 radical (unpaired) electrons. The first kappa shape index (κ1) is 13.6. The largest absolute Gasteiger partial charge is 0.360 e. The van der Waals surface area contributed by atoms with E-state index in [1.165, 1.54) is 4.90 Å². The maximum absolute atomic E-state index is 12.2. The summed E-state index contributed by atoms with van der Waals surface area (Å²) in [6, 6.07) is 7.51. The minimum absolute atomic E-state index is 0.0302. The van der Waals surface area contributed by atoms with Crippen molar-refractivity contribution in [3.63, 3.8) is 0 Å². The molecule has 0 fully saturated rings. The van der Waals surface area contributed by atoms with Gasteiger partial charge in [0.05, 0.1) is 11.3 Å². The highest BCUT2D eigenvalue weighted by Crippen LogP contribution is 2.18. The summed E-state index contributed by atoms with van der Waals surface area (Å²) < 4.78 is 22.2. The number of hydrogen-bond acceptors (Lipinski definition) is 3. The number of carbonyl (C=O) groups is 1. The van der Waals surface area contributed by atoms with Crippen LogP contribution in [0, 0.1) is 0 Å². The van der Waals surface area contributed by atoms with E-state index < -0.39 is 9.84 Å². The minimum atomic E-state index is -3.07. The highest BCUT2D eigenvalue weighted by atomic mass is 32.2. The van der Waals surface area contributed by atoms with Gasteiger partial charge < -0.3 is 9.88 Å². The van der Waals surface area contributed by atoms with Crippen molar-refractivity contribution >= 4 is 26.6 Å². The summed E-state index contributed by atoms with van der Waals surface area (Å²) in [5, 5.41) is 0.846. The zero-order valence-electron chi connectivity index (χ0n) is 10.9. The fourth-order valence-electron chi connectivity index (χ4n) is 1.86. The molecule has 0 aliphatic heterocycles. The van der Waals surface area contributed by atoms with Gasteiger partial charge in [-0.2, -0.15) is 0 Å². The quantitative estimate of drug-likeness (QED) is 0.917. The van der Waals surface area contributed by atoms with Crippen LogP contribution >= 0.6 is 0 Å². The van der Waals surface area contributed by atoms with E-state index in [1.54, 1.807) is 13.2 Å². The molecule has 6 heteroatoms. The van der Waals surface area contributed by atoms with Gasteiger partial charge in [-0.1, -0.05) is 18.2 Å². The molecule has 0 aliphatic carbocycles. The van der Waals surface area contributed by atoms with Gasteiger partial charge >= 0.3 is 0 Å². The summed E-state index contributed by atoms with van der Waals surface area (Å²) in [7, 11) is -1.46. The number of fused-ring (bicyclic) bond motifs is 1. The lowest BCUT2D eigenvalue weighted by molar-refractivity contribution is 0.0805. The predicted molar refractivity (Wildman–Crippen MR) is 75.0 cm³/mol. The van der Waals surface area contributed by atoms with Gasteiger partial charge in [-0.3, -0.25) is 4.79 Å². The number of H-pyrrole nitrogens is 1. The highest BCUT2D eigenvalue weighted by Gasteiger charge is 2.17. The first-order valence-electron chi connectivity index (χ1n) is 5.88. The number of hydrogen-bond donors (Lipinski definition) is 1. The Morgan fingerprint density at radius 2 is 2.00 bits per heavy atom. The van der Waals surface area contributed by atoms with E-state index >= 15 is 0 Å². The number of sulfone groups is 1. The van der Waals surface area contributed by atoms with Crippen molar-refractivity contribution in [3.8, 4) is 0 Å². The van der Waals surface area contributed by atoms with E-state index in [1.807, 2.05) is 24.3 Å². The van der Waals surface area contributed by atoms with Gasteiger partial charge in [-0.15, -0.1) is 0 Å². The third kappa shape index (κ3) is 3.14. The second kappa shape index (κ2) is 5.05. The Morgan fingerprint density at radius 3 is 2.68 bits per heavy atom. The molecule has 1 aromatic carbocycles. The number of benzene rings is 1. The molecule has 1 heterocycles. The molecule has 0 aliphatic rings. The molecule has 0 atom stereocenters. The van der Waals surface area contributed by atoms with Crippen LogP contribution in [0.5, 0.6) is 0 Å². The molecule has 19 heavy (non-hydrogen) atoms. The molecule has 1 N–H and O–H groups in total. The number of rotatable bonds is 4. The van der Waals surface area contributed by atoms with Gasteiger partial charge in [0.2, 0.25) is 0 Å². The summed E-state index contributed by atoms with van der Waals surface area (Å²) in [6.45, 7) is 0.192. The Balaban J connectivity index is 2.19. The Labute approximate surface area is 112 Å². The molecule has 0 saturated heterocycles. The number of carbonyl (C=O) groups excluding carboxylic acids is 1. The van der Waals surface area contributed by atoms with Gasteiger partial charge in [0, 0.05) is 36.9 Å². The summed E-state index contributed by atoms with van der Waals surface area (Å²) in [4.78, 5) is 16.7. The Kier molecular flexibility index (Phi) is 3.61. The van der Waals surface area contributed by atoms with E-state index in [0.29, 0.717) is 5.56 Å². The van der Waals surface area contributed by atoms with Crippen LogP contribution < -0.4 is 0 Å². The fourth-order valence-corrected chi connectivity index (χ4v) is 2.46. The van der Waals surface area contributed by atoms with E-state index in [0.717, 1.165) is 17.2 Å². The minimum Gasteiger partial charge on any atom is -0.360 e. The van der Waals surface area contributed by atoms with Crippen molar-refractivity contribution < 1.29 is 13.2 Å². The van der Waals surface area contributed by atoms with Gasteiger partial charge in [0.15, 0.2) is 0 Å². The lowest BCUT2D eigenvalue weighted by Crippen LogP contribution is -2.31. The van der Waals surface area contributed by atoms with Gasteiger partial charge in [0.1, 0.15) is 9.84 Å². The molecule has 1 amide bonds. The van der Waals surface area contributed by atoms with E-state index in [2.05, 4.69) is 4.98 Å². The fraction of sp³-hybridized carbons (Fsp3) is 0.308. The second-order valence-corrected chi connectivity index (χ2v) is 6.86. The Morgan fingerprint density at radius 1 is 1.32 bits per heavy atom. The Bertz CT molecular complexity index is 704. The summed E-state index contributed by atoms with van der Waals surface area (Å²) >= 11 is 0. The number of aromatic nitrogens is 1. The maximum Gasteiger partial charge on any atom is 0.255 e. The third-order valence-corrected chi connectivity index (χ3v) is 3.89. The van der Waals surface area contributed by atoms with Crippen molar-refractivity contribution in [2.24, 2.45) is 0 Å². The van der Waals surface area contributed by atoms with Crippen molar-refractivity contribution in [1.29, 1.82) is 0 Å². The van der Waals surface area contributed by atoms with Crippen LogP contribution in [0.15, 0.2) is 30.5 Å². The smallest absolute Gasteiger partial charge is 0.255 e. The molecule has 5 nitrogen and oxygen atoms in total. The van der Waals surface area contributed by atoms with Crippen LogP contribution in [0.25, 0.3) is 10.9 Å². The van der Waals surface area contributed by atoms with Crippen LogP contribution in [0.2, 0.25) is 0 Å². The van der Waals surface area contributed by atoms with Crippen LogP contribution in [0.3, 0.4) is 0 Å². The monoisotopic (exact) mass is 280 g/mol. The first-order valence-corrected chi connectivity index (χ1v) is 7.94. The average molecular weight is 280 g/mol. The molecule has 0 unspecified atom stereocenters. The molecule has 1 aromatic heterocycles. The number of para-hydroxylation sites is 1. The van der Waals surface area contributed by atoms with Crippen LogP contribution in [-0.4, -0.2) is 49.8 Å². The molecule has 2 rings (SSSR count). The van der Waals surface area contributed by atoms with Crippen LogP contribution in [0.4, 0.5) is 0 Å². The third-order valence-electron chi connectivity index (χ3n) is 2.96. The SMILES string of the molecule is CN(CCS(C)(=O)=O)C(=O)c1c[nH]c2ccccc12. The lowest BCUT2D eigenvalue weighted by Gasteiger charge is -2.15. The van der Waals surface area contributed by atoms with E-state index in [4.69, 9.17) is 0 Å². The van der Waals surface area contributed by atoms with E-state index in [9.17, 15) is 13.2 Å². The standard InChI is InChI=1S/C13H16N2O3S/c1-15(7-8-19(2,17)18)13(16)11-9-14-12-6-4-3-5-10(11)12/h3-6,9,14H,7-8H2,1-2H3. The van der Waals surface area contributed by atoms with Crippen molar-refractivity contribution in [2.75, 3.05) is 25.6 Å². The number of nitrogens with zero attached hydrogens (tertiary/aromatic N) is 1. The number of aromatic amines is 1. The number of amides is 1. The van der Waals surface area contributed by atoms with Crippen molar-refractivity contribution in [3.05, 3.63) is 36.0 Å². The lowest BCUT2D eigenvalue weighted by atomic mass is 10.1. The maximum atomic E-state index is 12.2. The predicted octanol–water partition coefficient (Wildman–Crippen LogP) is 1.28. The van der Waals surface area contributed by atoms with Crippen molar-refractivity contribution in [1.82, 2.24) is 9.88 Å². The zero-order chi connectivity index (χ0) is 14.0. The highest BCUT2D eigenvalue weighted by molar-refractivity contribution is 7.90. The first-order chi connectivity index (χ1) is 8.88. The molecule has 2 aromatic rings. The molecule has 0 bridgehead atoms.